The molecule has 0 aliphatic heterocycles. The van der Waals surface area contributed by atoms with E-state index in [0.717, 1.165) is 13.0 Å². The van der Waals surface area contributed by atoms with Crippen LogP contribution in [-0.4, -0.2) is 16.5 Å². The van der Waals surface area contributed by atoms with Crippen LogP contribution in [0.3, 0.4) is 0 Å². The molecule has 0 atom stereocenters. The van der Waals surface area contributed by atoms with Gasteiger partial charge in [0.1, 0.15) is 17.4 Å². The van der Waals surface area contributed by atoms with Crippen molar-refractivity contribution in [1.29, 1.82) is 0 Å². The van der Waals surface area contributed by atoms with Crippen LogP contribution in [0.4, 0.5) is 10.2 Å². The molecule has 1 aromatic carbocycles. The molecule has 0 amide bonds. The first kappa shape index (κ1) is 12.3. The third-order valence-corrected chi connectivity index (χ3v) is 2.20. The molecule has 5 heteroatoms. The Labute approximate surface area is 105 Å². The van der Waals surface area contributed by atoms with Gasteiger partial charge in [0, 0.05) is 6.54 Å². The summed E-state index contributed by atoms with van der Waals surface area (Å²) in [7, 11) is 0. The minimum Gasteiger partial charge on any atom is -0.437 e. The molecule has 0 bridgehead atoms. The number of benzene rings is 1. The number of nitrogens with zero attached hydrogens (tertiary/aromatic N) is 2. The van der Waals surface area contributed by atoms with Gasteiger partial charge in [0.15, 0.2) is 0 Å². The zero-order chi connectivity index (χ0) is 12.8. The van der Waals surface area contributed by atoms with Gasteiger partial charge < -0.3 is 10.1 Å². The maximum Gasteiger partial charge on any atom is 0.239 e. The number of halogens is 1. The predicted octanol–water partition coefficient (Wildman–Crippen LogP) is 3.23. The fourth-order valence-electron chi connectivity index (χ4n) is 1.36. The smallest absolute Gasteiger partial charge is 0.239 e. The summed E-state index contributed by atoms with van der Waals surface area (Å²) in [6.45, 7) is 2.90. The highest BCUT2D eigenvalue weighted by Gasteiger charge is 2.01. The number of anilines is 1. The van der Waals surface area contributed by atoms with Gasteiger partial charge in [0.05, 0.1) is 12.4 Å². The van der Waals surface area contributed by atoms with Crippen molar-refractivity contribution in [2.45, 2.75) is 13.3 Å². The van der Waals surface area contributed by atoms with Crippen LogP contribution in [0.15, 0.2) is 36.7 Å². The van der Waals surface area contributed by atoms with Crippen molar-refractivity contribution in [2.24, 2.45) is 0 Å². The normalized spacial score (nSPS) is 10.1. The summed E-state index contributed by atoms with van der Waals surface area (Å²) in [5, 5.41) is 3.12. The van der Waals surface area contributed by atoms with Gasteiger partial charge in [-0.15, -0.1) is 0 Å². The average molecular weight is 247 g/mol. The van der Waals surface area contributed by atoms with Crippen LogP contribution in [0.5, 0.6) is 11.6 Å². The summed E-state index contributed by atoms with van der Waals surface area (Å²) in [6.07, 6.45) is 4.15. The Morgan fingerprint density at radius 1 is 1.22 bits per heavy atom. The first-order chi connectivity index (χ1) is 8.78. The molecule has 0 aliphatic rings. The van der Waals surface area contributed by atoms with E-state index in [1.165, 1.54) is 18.3 Å². The zero-order valence-electron chi connectivity index (χ0n) is 10.1. The molecule has 0 aliphatic carbocycles. The lowest BCUT2D eigenvalue weighted by atomic mass is 10.3. The van der Waals surface area contributed by atoms with Crippen molar-refractivity contribution in [3.8, 4) is 11.6 Å². The molecule has 2 aromatic rings. The van der Waals surface area contributed by atoms with Crippen molar-refractivity contribution in [3.05, 3.63) is 42.5 Å². The lowest BCUT2D eigenvalue weighted by molar-refractivity contribution is 0.459. The minimum atomic E-state index is -0.299. The van der Waals surface area contributed by atoms with E-state index in [9.17, 15) is 4.39 Å². The number of nitrogens with one attached hydrogen (secondary N) is 1. The molecular formula is C13H14FN3O. The quantitative estimate of drug-likeness (QED) is 0.881. The van der Waals surface area contributed by atoms with E-state index in [-0.39, 0.29) is 5.82 Å². The molecule has 4 nitrogen and oxygen atoms in total. The van der Waals surface area contributed by atoms with Crippen LogP contribution in [0, 0.1) is 5.82 Å². The molecule has 18 heavy (non-hydrogen) atoms. The van der Waals surface area contributed by atoms with E-state index in [4.69, 9.17) is 4.74 Å². The molecule has 94 valence electrons. The van der Waals surface area contributed by atoms with Gasteiger partial charge in [-0.1, -0.05) is 6.92 Å². The second-order valence-electron chi connectivity index (χ2n) is 3.73. The van der Waals surface area contributed by atoms with E-state index in [1.54, 1.807) is 18.3 Å². The SMILES string of the molecule is CCCNc1cncc(Oc2ccc(F)cc2)n1. The fourth-order valence-corrected chi connectivity index (χ4v) is 1.36. The monoisotopic (exact) mass is 247 g/mol. The number of ether oxygens (including phenoxy) is 1. The maximum atomic E-state index is 12.7. The van der Waals surface area contributed by atoms with Crippen molar-refractivity contribution in [3.63, 3.8) is 0 Å². The van der Waals surface area contributed by atoms with Crippen LogP contribution in [0.2, 0.25) is 0 Å². The maximum absolute atomic E-state index is 12.7. The van der Waals surface area contributed by atoms with Crippen LogP contribution in [-0.2, 0) is 0 Å². The lowest BCUT2D eigenvalue weighted by Crippen LogP contribution is -2.02. The van der Waals surface area contributed by atoms with Crippen LogP contribution in [0.25, 0.3) is 0 Å². The highest BCUT2D eigenvalue weighted by Crippen LogP contribution is 2.19. The Balaban J connectivity index is 2.06. The van der Waals surface area contributed by atoms with Crippen molar-refractivity contribution in [1.82, 2.24) is 9.97 Å². The van der Waals surface area contributed by atoms with Gasteiger partial charge in [0.2, 0.25) is 5.88 Å². The fraction of sp³-hybridized carbons (Fsp3) is 0.231. The molecule has 0 radical (unpaired) electrons. The second-order valence-corrected chi connectivity index (χ2v) is 3.73. The summed E-state index contributed by atoms with van der Waals surface area (Å²) in [4.78, 5) is 8.27. The average Bonchev–Trinajstić information content (AvgIpc) is 2.40. The van der Waals surface area contributed by atoms with E-state index >= 15 is 0 Å². The summed E-state index contributed by atoms with van der Waals surface area (Å²) < 4.78 is 18.2. The molecular weight excluding hydrogens is 233 g/mol. The predicted molar refractivity (Wildman–Crippen MR) is 67.3 cm³/mol. The Morgan fingerprint density at radius 2 is 2.00 bits per heavy atom. The number of rotatable bonds is 5. The molecule has 0 fully saturated rings. The van der Waals surface area contributed by atoms with Crippen molar-refractivity contribution < 1.29 is 9.13 Å². The molecule has 2 rings (SSSR count). The summed E-state index contributed by atoms with van der Waals surface area (Å²) >= 11 is 0. The van der Waals surface area contributed by atoms with Crippen molar-refractivity contribution in [2.75, 3.05) is 11.9 Å². The Kier molecular flexibility index (Phi) is 4.06. The topological polar surface area (TPSA) is 47.0 Å². The molecule has 0 saturated carbocycles. The number of hydrogen-bond donors (Lipinski definition) is 1. The lowest BCUT2D eigenvalue weighted by Gasteiger charge is -2.07. The van der Waals surface area contributed by atoms with Crippen LogP contribution in [0.1, 0.15) is 13.3 Å². The number of aromatic nitrogens is 2. The number of hydrogen-bond acceptors (Lipinski definition) is 4. The highest BCUT2D eigenvalue weighted by atomic mass is 19.1. The molecule has 0 saturated heterocycles. The van der Waals surface area contributed by atoms with E-state index < -0.39 is 0 Å². The summed E-state index contributed by atoms with van der Waals surface area (Å²) in [6, 6.07) is 5.76. The molecule has 0 unspecified atom stereocenters. The van der Waals surface area contributed by atoms with E-state index in [0.29, 0.717) is 17.4 Å². The van der Waals surface area contributed by atoms with Gasteiger partial charge in [-0.3, -0.25) is 4.98 Å². The largest absolute Gasteiger partial charge is 0.437 e. The van der Waals surface area contributed by atoms with E-state index in [2.05, 4.69) is 22.2 Å². The van der Waals surface area contributed by atoms with Gasteiger partial charge >= 0.3 is 0 Å². The van der Waals surface area contributed by atoms with Crippen LogP contribution >= 0.6 is 0 Å². The van der Waals surface area contributed by atoms with Gasteiger partial charge in [-0.2, -0.15) is 4.98 Å². The Bertz CT molecular complexity index is 502. The zero-order valence-corrected chi connectivity index (χ0v) is 10.1. The second kappa shape index (κ2) is 5.95. The Hall–Kier alpha value is -2.17. The van der Waals surface area contributed by atoms with Gasteiger partial charge in [0.25, 0.3) is 0 Å². The van der Waals surface area contributed by atoms with Gasteiger partial charge in [-0.05, 0) is 30.7 Å². The van der Waals surface area contributed by atoms with Gasteiger partial charge in [-0.25, -0.2) is 4.39 Å². The third-order valence-electron chi connectivity index (χ3n) is 2.20. The first-order valence-electron chi connectivity index (χ1n) is 5.77. The molecule has 1 heterocycles. The van der Waals surface area contributed by atoms with Crippen LogP contribution < -0.4 is 10.1 Å². The molecule has 1 N–H and O–H groups in total. The Morgan fingerprint density at radius 3 is 2.72 bits per heavy atom. The summed E-state index contributed by atoms with van der Waals surface area (Å²) in [5.74, 6) is 1.27. The van der Waals surface area contributed by atoms with Crippen molar-refractivity contribution >= 4 is 5.82 Å². The summed E-state index contributed by atoms with van der Waals surface area (Å²) in [5.41, 5.74) is 0. The van der Waals surface area contributed by atoms with E-state index in [1.807, 2.05) is 0 Å². The standard InChI is InChI=1S/C13H14FN3O/c1-2-7-16-12-8-15-9-13(17-12)18-11-5-3-10(14)4-6-11/h3-6,8-9H,2,7H2,1H3,(H,16,17). The third kappa shape index (κ3) is 3.41. The first-order valence-corrected chi connectivity index (χ1v) is 5.77. The molecule has 1 aromatic heterocycles. The molecule has 0 spiro atoms. The minimum absolute atomic E-state index is 0.299. The highest BCUT2D eigenvalue weighted by molar-refractivity contribution is 5.34.